The number of anilines is 2. The number of aliphatic hydroxyl groups excluding tert-OH is 1. The van der Waals surface area contributed by atoms with E-state index in [9.17, 15) is 39.0 Å². The first-order valence-electron chi connectivity index (χ1n) is 20.8. The van der Waals surface area contributed by atoms with Crippen LogP contribution in [-0.4, -0.2) is 131 Å². The summed E-state index contributed by atoms with van der Waals surface area (Å²) in [5, 5.41) is 10.2. The number of aliphatic hydroxyl groups is 1. The van der Waals surface area contributed by atoms with Gasteiger partial charge in [-0.25, -0.2) is 14.8 Å². The van der Waals surface area contributed by atoms with Gasteiger partial charge in [-0.15, -0.1) is 0 Å². The highest BCUT2D eigenvalue weighted by molar-refractivity contribution is 8.07. The quantitative estimate of drug-likeness (QED) is 0.0477. The number of fused-ring (bicyclic) bond motifs is 2. The van der Waals surface area contributed by atoms with Gasteiger partial charge in [-0.3, -0.25) is 43.0 Å². The number of nitrogens with two attached hydrogens (primary N) is 2. The predicted molar refractivity (Wildman–Crippen MR) is 251 cm³/mol. The molecule has 3 fully saturated rings. The van der Waals surface area contributed by atoms with Crippen molar-refractivity contribution in [1.82, 2.24) is 48.6 Å². The van der Waals surface area contributed by atoms with Gasteiger partial charge in [-0.1, -0.05) is 13.8 Å². The summed E-state index contributed by atoms with van der Waals surface area (Å²) in [6.45, 7) is -8.94. The summed E-state index contributed by atoms with van der Waals surface area (Å²) in [5.74, 6) is -0.397. The molecule has 0 radical (unpaired) electrons. The lowest BCUT2D eigenvalue weighted by molar-refractivity contribution is -0.0538. The van der Waals surface area contributed by atoms with E-state index in [4.69, 9.17) is 88.2 Å². The lowest BCUT2D eigenvalue weighted by Gasteiger charge is -2.27. The average Bonchev–Trinajstić information content (AvgIpc) is 4.10. The smallest absolute Gasteiger partial charge is 0.330 e. The largest absolute Gasteiger partial charge is 0.394 e. The number of imidazole rings is 2. The average molecular weight is 1080 g/mol. The first kappa shape index (κ1) is 51.8. The zero-order valence-electron chi connectivity index (χ0n) is 36.4. The van der Waals surface area contributed by atoms with Crippen LogP contribution in [0.3, 0.4) is 0 Å². The molecule has 0 saturated carbocycles. The number of rotatable bonds is 19. The van der Waals surface area contributed by atoms with Crippen molar-refractivity contribution in [3.63, 3.8) is 0 Å². The first-order valence-corrected chi connectivity index (χ1v) is 28.6. The third-order valence-electron chi connectivity index (χ3n) is 10.9. The van der Waals surface area contributed by atoms with Crippen molar-refractivity contribution in [3.05, 3.63) is 66.0 Å². The fourth-order valence-electron chi connectivity index (χ4n) is 7.70. The number of ether oxygens (including phenoxy) is 3. The van der Waals surface area contributed by atoms with E-state index in [1.165, 1.54) is 34.9 Å². The first-order chi connectivity index (χ1) is 32.5. The van der Waals surface area contributed by atoms with E-state index in [0.717, 1.165) is 4.57 Å². The zero-order chi connectivity index (χ0) is 49.7. The Hall–Kier alpha value is -3.59. The molecule has 12 atom stereocenters. The predicted octanol–water partition coefficient (Wildman–Crippen LogP) is -0.358. The molecule has 0 spiro atoms. The minimum Gasteiger partial charge on any atom is -0.394 e. The molecule has 3 aliphatic rings. The van der Waals surface area contributed by atoms with Gasteiger partial charge in [0, 0.05) is 31.0 Å². The van der Waals surface area contributed by atoms with Gasteiger partial charge >= 0.3 is 25.8 Å². The zero-order valence-corrected chi connectivity index (χ0v) is 41.5. The van der Waals surface area contributed by atoms with Crippen LogP contribution in [0.5, 0.6) is 0 Å². The van der Waals surface area contributed by atoms with E-state index in [1.54, 1.807) is 0 Å². The van der Waals surface area contributed by atoms with Crippen LogP contribution in [0, 0.1) is 12.8 Å². The van der Waals surface area contributed by atoms with Crippen molar-refractivity contribution in [3.8, 4) is 0 Å². The minimum atomic E-state index is -4.35. The van der Waals surface area contributed by atoms with Gasteiger partial charge < -0.3 is 72.6 Å². The number of hydrogen-bond donors (Lipinski definition) is 9. The molecule has 69 heavy (non-hydrogen) atoms. The maximum Gasteiger partial charge on any atom is 0.330 e. The van der Waals surface area contributed by atoms with Crippen molar-refractivity contribution >= 4 is 89.8 Å². The minimum absolute atomic E-state index is 0.0150. The van der Waals surface area contributed by atoms with Gasteiger partial charge in [0.2, 0.25) is 11.9 Å². The Bertz CT molecular complexity index is 3110. The lowest BCUT2D eigenvalue weighted by Crippen LogP contribution is -2.33. The molecule has 11 N–H and O–H groups in total. The number of aromatic nitrogens is 10. The molecule has 5 aromatic heterocycles. The standard InChI is InChI=1S/C34H47N12O17P3S3/c1-14(2)9-55-64(52,67)62-17-5-22(44-7-15(3)29(48)43-34(44)51)59-20(17)10-57-66(54,69)63-18-6-24(46-13-38-26-28(46)40-33(36)42-31(26)50)60-21(18)11-56-65(53,68)61-16-4-23(58-19(16)8-47)45-12-37-25-27(45)39-32(35)41-30(25)49/h7,12-14,16-24,47H,4-6,8-11H2,1-3H3,(H,52,67)(H,53,68)(H,54,69)(H,43,48,51)(H3,35,39,41,49)(H3,36,40,42,50)/t16-,17-,18?,19+,20+,21+,22+,23+,24+,64?,65?,66?/m0/s1. The second kappa shape index (κ2) is 20.5. The van der Waals surface area contributed by atoms with E-state index in [1.807, 2.05) is 13.8 Å². The second-order valence-electron chi connectivity index (χ2n) is 16.4. The highest BCUT2D eigenvalue weighted by Gasteiger charge is 2.46. The third-order valence-corrected chi connectivity index (χ3v) is 15.6. The maximum absolute atomic E-state index is 12.8. The number of aromatic amines is 3. The number of nitrogens with zero attached hydrogens (tertiary/aromatic N) is 7. The van der Waals surface area contributed by atoms with E-state index >= 15 is 0 Å². The van der Waals surface area contributed by atoms with Crippen LogP contribution >= 0.6 is 20.2 Å². The maximum atomic E-state index is 12.8. The van der Waals surface area contributed by atoms with Crippen LogP contribution < -0.4 is 33.8 Å². The molecular weight excluding hydrogens is 1040 g/mol. The van der Waals surface area contributed by atoms with Crippen molar-refractivity contribution < 1.29 is 61.1 Å². The van der Waals surface area contributed by atoms with Gasteiger partial charge in [0.05, 0.1) is 57.4 Å². The molecule has 0 bridgehead atoms. The molecule has 3 saturated heterocycles. The Morgan fingerprint density at radius 2 is 1.12 bits per heavy atom. The number of nitrogen functional groups attached to an aromatic ring is 2. The Balaban J connectivity index is 0.990. The topological polar surface area (TPSA) is 398 Å². The molecule has 0 aliphatic carbocycles. The molecule has 378 valence electrons. The summed E-state index contributed by atoms with van der Waals surface area (Å²) in [6.07, 6.45) is -6.15. The van der Waals surface area contributed by atoms with Crippen molar-refractivity contribution in [2.45, 2.75) is 95.3 Å². The van der Waals surface area contributed by atoms with Gasteiger partial charge in [0.25, 0.3) is 16.7 Å². The highest BCUT2D eigenvalue weighted by atomic mass is 32.5. The summed E-state index contributed by atoms with van der Waals surface area (Å²) >= 11 is 16.1. The van der Waals surface area contributed by atoms with Crippen molar-refractivity contribution in [1.29, 1.82) is 0 Å². The van der Waals surface area contributed by atoms with Gasteiger partial charge in [0.1, 0.15) is 37.0 Å². The molecule has 3 aliphatic heterocycles. The SMILES string of the molecule is Cc1cn([C@H]2C[C@H](OP(O)(=S)OCC(C)C)[C@@H](COP(O)(=S)OC3C[C@H](n4cnc5c(=O)[nH]c(N)nc54)O[C@@H]3COP(O)(=S)O[C@H]3C[C@H](n4cnc5c(=O)[nH]c(N)nc54)O[C@@H]3CO)O2)c(=O)[nH]c1=O. The van der Waals surface area contributed by atoms with Crippen LogP contribution in [0.1, 0.15) is 57.4 Å². The summed E-state index contributed by atoms with van der Waals surface area (Å²) in [4.78, 5) is 107. The fourth-order valence-corrected chi connectivity index (χ4v) is 12.3. The molecule has 0 amide bonds. The monoisotopic (exact) mass is 1080 g/mol. The van der Waals surface area contributed by atoms with Gasteiger partial charge in [0.15, 0.2) is 22.3 Å². The molecule has 35 heteroatoms. The Morgan fingerprint density at radius 3 is 1.57 bits per heavy atom. The number of nitrogens with one attached hydrogen (secondary N) is 3. The Morgan fingerprint density at radius 1 is 0.696 bits per heavy atom. The number of hydrogen-bond acceptors (Lipinski definition) is 23. The lowest BCUT2D eigenvalue weighted by atomic mass is 10.2. The molecule has 8 rings (SSSR count). The van der Waals surface area contributed by atoms with Crippen LogP contribution in [0.4, 0.5) is 11.9 Å². The number of aryl methyl sites for hydroxylation is 1. The van der Waals surface area contributed by atoms with E-state index in [-0.39, 0.29) is 71.6 Å². The van der Waals surface area contributed by atoms with Crippen LogP contribution in [0.2, 0.25) is 0 Å². The summed E-state index contributed by atoms with van der Waals surface area (Å²) in [5.41, 5.74) is 9.23. The van der Waals surface area contributed by atoms with Crippen LogP contribution in [-0.2, 0) is 76.8 Å². The highest BCUT2D eigenvalue weighted by Crippen LogP contribution is 2.54. The van der Waals surface area contributed by atoms with Gasteiger partial charge in [-0.05, 0) is 48.3 Å². The Labute approximate surface area is 403 Å². The van der Waals surface area contributed by atoms with Gasteiger partial charge in [-0.2, -0.15) is 9.97 Å². The van der Waals surface area contributed by atoms with E-state index in [0.29, 0.717) is 0 Å². The van der Waals surface area contributed by atoms with Crippen molar-refractivity contribution in [2.24, 2.45) is 5.92 Å². The van der Waals surface area contributed by atoms with Crippen LogP contribution in [0.25, 0.3) is 22.3 Å². The molecule has 4 unspecified atom stereocenters. The molecule has 0 aromatic carbocycles. The molecule has 5 aromatic rings. The fraction of sp³-hybridized carbons (Fsp3) is 0.588. The molecule has 8 heterocycles. The van der Waals surface area contributed by atoms with E-state index in [2.05, 4.69) is 34.9 Å². The summed E-state index contributed by atoms with van der Waals surface area (Å²) in [6, 6.07) is 0. The summed E-state index contributed by atoms with van der Waals surface area (Å²) in [7, 11) is 0. The third kappa shape index (κ3) is 11.9. The summed E-state index contributed by atoms with van der Waals surface area (Å²) < 4.78 is 57.1. The van der Waals surface area contributed by atoms with E-state index < -0.39 is 118 Å². The normalized spacial score (nSPS) is 27.9. The Kier molecular flexibility index (Phi) is 15.4. The second-order valence-corrected chi connectivity index (χ2v) is 24.8. The molecular formula is C34H47N12O17P3S3. The van der Waals surface area contributed by atoms with Crippen LogP contribution in [0.15, 0.2) is 38.0 Å². The number of H-pyrrole nitrogens is 3. The van der Waals surface area contributed by atoms with Crippen molar-refractivity contribution in [2.75, 3.05) is 37.9 Å². The molecule has 29 nitrogen and oxygen atoms in total.